The van der Waals surface area contributed by atoms with Crippen LogP contribution in [0.3, 0.4) is 0 Å². The number of rotatable bonds is 7. The lowest BCUT2D eigenvalue weighted by atomic mass is 10.0. The number of methoxy groups -OCH3 is 2. The summed E-state index contributed by atoms with van der Waals surface area (Å²) >= 11 is 0. The normalized spacial score (nSPS) is 11.6. The largest absolute Gasteiger partial charge is 0.496 e. The maximum Gasteiger partial charge on any atom is 0.320 e. The summed E-state index contributed by atoms with van der Waals surface area (Å²) in [7, 11) is 6.61. The number of esters is 1. The van der Waals surface area contributed by atoms with Crippen molar-refractivity contribution in [3.63, 3.8) is 0 Å². The van der Waals surface area contributed by atoms with E-state index in [0.29, 0.717) is 23.6 Å². The highest BCUT2D eigenvalue weighted by molar-refractivity contribution is 5.94. The number of carbonyl (C=O) groups is 1. The third-order valence-corrected chi connectivity index (χ3v) is 4.98. The van der Waals surface area contributed by atoms with Crippen LogP contribution in [0.15, 0.2) is 29.3 Å². The molecule has 32 heavy (non-hydrogen) atoms. The van der Waals surface area contributed by atoms with E-state index in [-0.39, 0.29) is 18.1 Å². The van der Waals surface area contributed by atoms with E-state index in [1.165, 1.54) is 4.57 Å². The number of benzene rings is 1. The molecule has 0 fully saturated rings. The molecule has 0 bridgehead atoms. The van der Waals surface area contributed by atoms with Crippen molar-refractivity contribution < 1.29 is 19.0 Å². The SMILES string of the molecule is COc1cc(-c2cn(C)c(=O)c3c2cnn3C)cc(OC)c1CNCC(=O)OC(C)(C)C. The summed E-state index contributed by atoms with van der Waals surface area (Å²) in [6, 6.07) is 3.78. The van der Waals surface area contributed by atoms with Crippen LogP contribution in [0.4, 0.5) is 0 Å². The van der Waals surface area contributed by atoms with Gasteiger partial charge < -0.3 is 24.1 Å². The first kappa shape index (κ1) is 23.3. The molecule has 0 unspecified atom stereocenters. The summed E-state index contributed by atoms with van der Waals surface area (Å²) in [5, 5.41) is 8.09. The van der Waals surface area contributed by atoms with Gasteiger partial charge in [0.05, 0.1) is 27.0 Å². The summed E-state index contributed by atoms with van der Waals surface area (Å²) in [5.74, 6) is 0.861. The Labute approximate surface area is 186 Å². The standard InChI is InChI=1S/C23H30N4O5/c1-23(2,3)32-20(28)12-24-10-16-18(30-6)8-14(9-19(16)31-7)17-13-26(4)22(29)21-15(17)11-25-27(21)5/h8-9,11,13,24H,10,12H2,1-7H3. The fraction of sp³-hybridized carbons (Fsp3) is 0.435. The summed E-state index contributed by atoms with van der Waals surface area (Å²) in [6.45, 7) is 5.89. The van der Waals surface area contributed by atoms with Crippen LogP contribution in [0.25, 0.3) is 22.0 Å². The third kappa shape index (κ3) is 4.77. The Hall–Kier alpha value is -3.33. The highest BCUT2D eigenvalue weighted by Gasteiger charge is 2.19. The molecule has 0 saturated heterocycles. The van der Waals surface area contributed by atoms with Crippen LogP contribution < -0.4 is 20.3 Å². The van der Waals surface area contributed by atoms with Gasteiger partial charge in [-0.25, -0.2) is 0 Å². The number of hydrogen-bond donors (Lipinski definition) is 1. The van der Waals surface area contributed by atoms with Crippen molar-refractivity contribution in [2.24, 2.45) is 14.1 Å². The van der Waals surface area contributed by atoms with Gasteiger partial charge in [-0.1, -0.05) is 0 Å². The van der Waals surface area contributed by atoms with Gasteiger partial charge in [0.15, 0.2) is 0 Å². The van der Waals surface area contributed by atoms with E-state index in [2.05, 4.69) is 10.4 Å². The average molecular weight is 443 g/mol. The second kappa shape index (κ2) is 9.04. The van der Waals surface area contributed by atoms with Gasteiger partial charge in [-0.3, -0.25) is 14.3 Å². The molecule has 0 saturated carbocycles. The Kier molecular flexibility index (Phi) is 6.59. The molecule has 2 aromatic heterocycles. The van der Waals surface area contributed by atoms with Crippen LogP contribution in [-0.2, 0) is 30.2 Å². The molecule has 9 nitrogen and oxygen atoms in total. The molecular formula is C23H30N4O5. The van der Waals surface area contributed by atoms with Gasteiger partial charge in [-0.15, -0.1) is 0 Å². The maximum atomic E-state index is 12.6. The summed E-state index contributed by atoms with van der Waals surface area (Å²) in [4.78, 5) is 24.6. The van der Waals surface area contributed by atoms with Crippen LogP contribution in [0, 0.1) is 0 Å². The Bertz CT molecular complexity index is 1180. The summed E-state index contributed by atoms with van der Waals surface area (Å²) in [6.07, 6.45) is 3.46. The monoisotopic (exact) mass is 442 g/mol. The zero-order chi connectivity index (χ0) is 23.6. The lowest BCUT2D eigenvalue weighted by Gasteiger charge is -2.20. The number of carbonyl (C=O) groups excluding carboxylic acids is 1. The van der Waals surface area contributed by atoms with Crippen LogP contribution >= 0.6 is 0 Å². The van der Waals surface area contributed by atoms with Crippen molar-refractivity contribution in [3.8, 4) is 22.6 Å². The molecule has 0 amide bonds. The van der Waals surface area contributed by atoms with E-state index in [4.69, 9.17) is 14.2 Å². The van der Waals surface area contributed by atoms with Gasteiger partial charge in [0.1, 0.15) is 22.6 Å². The number of fused-ring (bicyclic) bond motifs is 1. The van der Waals surface area contributed by atoms with Crippen LogP contribution in [0.2, 0.25) is 0 Å². The number of ether oxygens (including phenoxy) is 3. The van der Waals surface area contributed by atoms with Crippen LogP contribution in [0.1, 0.15) is 26.3 Å². The zero-order valence-corrected chi connectivity index (χ0v) is 19.6. The third-order valence-electron chi connectivity index (χ3n) is 4.98. The smallest absolute Gasteiger partial charge is 0.320 e. The van der Waals surface area contributed by atoms with Crippen molar-refractivity contribution in [2.75, 3.05) is 20.8 Å². The molecular weight excluding hydrogens is 412 g/mol. The second-order valence-electron chi connectivity index (χ2n) is 8.54. The first-order valence-corrected chi connectivity index (χ1v) is 10.2. The highest BCUT2D eigenvalue weighted by atomic mass is 16.6. The minimum absolute atomic E-state index is 0.0580. The molecule has 1 aromatic carbocycles. The topological polar surface area (TPSA) is 96.6 Å². The predicted octanol–water partition coefficient (Wildman–Crippen LogP) is 2.39. The molecule has 0 aliphatic heterocycles. The Morgan fingerprint density at radius 2 is 1.75 bits per heavy atom. The minimum atomic E-state index is -0.538. The van der Waals surface area contributed by atoms with Crippen LogP contribution in [-0.4, -0.2) is 46.7 Å². The van der Waals surface area contributed by atoms with Gasteiger partial charge in [0.25, 0.3) is 5.56 Å². The van der Waals surface area contributed by atoms with Gasteiger partial charge in [0.2, 0.25) is 0 Å². The van der Waals surface area contributed by atoms with Crippen molar-refractivity contribution in [1.82, 2.24) is 19.7 Å². The molecule has 3 aromatic rings. The van der Waals surface area contributed by atoms with Gasteiger partial charge in [-0.2, -0.15) is 5.10 Å². The van der Waals surface area contributed by atoms with E-state index >= 15 is 0 Å². The molecule has 0 aliphatic carbocycles. The molecule has 0 aliphatic rings. The quantitative estimate of drug-likeness (QED) is 0.561. The Balaban J connectivity index is 1.97. The van der Waals surface area contributed by atoms with Gasteiger partial charge in [-0.05, 0) is 38.5 Å². The van der Waals surface area contributed by atoms with E-state index in [1.54, 1.807) is 45.4 Å². The molecule has 1 N–H and O–H groups in total. The van der Waals surface area contributed by atoms with Crippen molar-refractivity contribution >= 4 is 16.9 Å². The number of aryl methyl sites for hydroxylation is 2. The fourth-order valence-electron chi connectivity index (χ4n) is 3.59. The minimum Gasteiger partial charge on any atom is -0.496 e. The van der Waals surface area contributed by atoms with Crippen LogP contribution in [0.5, 0.6) is 11.5 Å². The predicted molar refractivity (Wildman–Crippen MR) is 122 cm³/mol. The average Bonchev–Trinajstić information content (AvgIpc) is 3.11. The van der Waals surface area contributed by atoms with Crippen molar-refractivity contribution in [1.29, 1.82) is 0 Å². The Morgan fingerprint density at radius 3 is 2.31 bits per heavy atom. The number of aromatic nitrogens is 3. The van der Waals surface area contributed by atoms with Crippen molar-refractivity contribution in [3.05, 3.63) is 40.4 Å². The lowest BCUT2D eigenvalue weighted by Crippen LogP contribution is -2.31. The first-order valence-electron chi connectivity index (χ1n) is 10.2. The first-order chi connectivity index (χ1) is 15.1. The fourth-order valence-corrected chi connectivity index (χ4v) is 3.59. The zero-order valence-electron chi connectivity index (χ0n) is 19.6. The number of nitrogens with zero attached hydrogens (tertiary/aromatic N) is 3. The molecule has 9 heteroatoms. The molecule has 2 heterocycles. The number of hydrogen-bond acceptors (Lipinski definition) is 7. The molecule has 0 radical (unpaired) electrons. The molecule has 0 atom stereocenters. The van der Waals surface area contributed by atoms with E-state index < -0.39 is 5.60 Å². The summed E-state index contributed by atoms with van der Waals surface area (Å²) < 4.78 is 19.7. The summed E-state index contributed by atoms with van der Waals surface area (Å²) in [5.41, 5.74) is 2.29. The van der Waals surface area contributed by atoms with E-state index in [1.807, 2.05) is 32.9 Å². The molecule has 3 rings (SSSR count). The highest BCUT2D eigenvalue weighted by Crippen LogP contribution is 2.37. The van der Waals surface area contributed by atoms with Gasteiger partial charge >= 0.3 is 5.97 Å². The van der Waals surface area contributed by atoms with E-state index in [9.17, 15) is 9.59 Å². The number of nitrogens with one attached hydrogen (secondary N) is 1. The van der Waals surface area contributed by atoms with Gasteiger partial charge in [0, 0.05) is 43.4 Å². The maximum absolute atomic E-state index is 12.6. The number of pyridine rings is 1. The van der Waals surface area contributed by atoms with E-state index in [0.717, 1.165) is 22.1 Å². The molecule has 0 spiro atoms. The van der Waals surface area contributed by atoms with Crippen molar-refractivity contribution in [2.45, 2.75) is 32.9 Å². The molecule has 172 valence electrons. The Morgan fingerprint density at radius 1 is 1.12 bits per heavy atom. The lowest BCUT2D eigenvalue weighted by molar-refractivity contribution is -0.153. The second-order valence-corrected chi connectivity index (χ2v) is 8.54.